The molecular formula is C18H19BrF2N2. The van der Waals surface area contributed by atoms with Gasteiger partial charge in [-0.3, -0.25) is 0 Å². The van der Waals surface area contributed by atoms with Crippen LogP contribution in [0.15, 0.2) is 39.8 Å². The minimum absolute atomic E-state index is 0.307. The van der Waals surface area contributed by atoms with E-state index in [1.807, 2.05) is 25.8 Å². The summed E-state index contributed by atoms with van der Waals surface area (Å²) >= 11 is 3.24. The molecule has 0 aliphatic heterocycles. The molecule has 0 N–H and O–H groups in total. The lowest BCUT2D eigenvalue weighted by molar-refractivity contribution is 0.552. The topological polar surface area (TPSA) is 15.6 Å². The Hall–Kier alpha value is -1.75. The van der Waals surface area contributed by atoms with E-state index >= 15 is 0 Å². The molecular weight excluding hydrogens is 362 g/mol. The van der Waals surface area contributed by atoms with Crippen LogP contribution in [0, 0.1) is 18.6 Å². The molecule has 0 heterocycles. The van der Waals surface area contributed by atoms with Gasteiger partial charge in [0.15, 0.2) is 0 Å². The van der Waals surface area contributed by atoms with Gasteiger partial charge in [-0.2, -0.15) is 0 Å². The summed E-state index contributed by atoms with van der Waals surface area (Å²) in [7, 11) is 1.90. The van der Waals surface area contributed by atoms with Gasteiger partial charge < -0.3 is 4.90 Å². The van der Waals surface area contributed by atoms with E-state index in [9.17, 15) is 8.78 Å². The summed E-state index contributed by atoms with van der Waals surface area (Å²) in [5, 5.41) is 0. The maximum Gasteiger partial charge on any atom is 0.127 e. The number of hydrogen-bond donors (Lipinski definition) is 0. The molecule has 0 aromatic heterocycles. The lowest BCUT2D eigenvalue weighted by Crippen LogP contribution is -2.14. The van der Waals surface area contributed by atoms with Crippen LogP contribution < -0.4 is 0 Å². The van der Waals surface area contributed by atoms with Crippen molar-refractivity contribution in [2.75, 3.05) is 13.6 Å². The maximum absolute atomic E-state index is 14.0. The van der Waals surface area contributed by atoms with E-state index in [2.05, 4.69) is 20.9 Å². The number of nitrogens with zero attached hydrogens (tertiary/aromatic N) is 2. The highest BCUT2D eigenvalue weighted by atomic mass is 79.9. The van der Waals surface area contributed by atoms with Crippen molar-refractivity contribution in [1.82, 2.24) is 4.90 Å². The van der Waals surface area contributed by atoms with E-state index in [1.54, 1.807) is 18.5 Å². The third-order valence-electron chi connectivity index (χ3n) is 3.74. The molecule has 0 aliphatic carbocycles. The number of hydrogen-bond acceptors (Lipinski definition) is 1. The van der Waals surface area contributed by atoms with Crippen molar-refractivity contribution in [3.8, 4) is 0 Å². The van der Waals surface area contributed by atoms with Crippen LogP contribution in [0.4, 0.5) is 14.5 Å². The Labute approximate surface area is 144 Å². The van der Waals surface area contributed by atoms with Crippen LogP contribution in [-0.4, -0.2) is 24.8 Å². The number of benzene rings is 2. The SMILES string of the molecule is CCN(C)/C=N\c1cc(F)cc(Cc2ccc(Br)cc2F)c1C. The normalized spacial score (nSPS) is 11.2. The van der Waals surface area contributed by atoms with Crippen molar-refractivity contribution in [2.24, 2.45) is 4.99 Å². The third kappa shape index (κ3) is 4.61. The summed E-state index contributed by atoms with van der Waals surface area (Å²) in [6.07, 6.45) is 2.00. The zero-order valence-corrected chi connectivity index (χ0v) is 15.0. The Morgan fingerprint density at radius 1 is 1.17 bits per heavy atom. The Bertz CT molecular complexity index is 729. The largest absolute Gasteiger partial charge is 0.366 e. The molecule has 5 heteroatoms. The van der Waals surface area contributed by atoms with Gasteiger partial charge in [0.05, 0.1) is 12.0 Å². The van der Waals surface area contributed by atoms with Gasteiger partial charge in [-0.25, -0.2) is 13.8 Å². The van der Waals surface area contributed by atoms with Gasteiger partial charge in [0.25, 0.3) is 0 Å². The quantitative estimate of drug-likeness (QED) is 0.511. The highest BCUT2D eigenvalue weighted by Crippen LogP contribution is 2.27. The van der Waals surface area contributed by atoms with E-state index in [4.69, 9.17) is 0 Å². The van der Waals surface area contributed by atoms with Crippen molar-refractivity contribution in [1.29, 1.82) is 0 Å². The second kappa shape index (κ2) is 7.68. The Kier molecular flexibility index (Phi) is 5.88. The monoisotopic (exact) mass is 380 g/mol. The van der Waals surface area contributed by atoms with Crippen molar-refractivity contribution in [2.45, 2.75) is 20.3 Å². The molecule has 2 rings (SSSR count). The van der Waals surface area contributed by atoms with Crippen LogP contribution in [0.1, 0.15) is 23.6 Å². The first-order valence-electron chi connectivity index (χ1n) is 7.38. The average Bonchev–Trinajstić information content (AvgIpc) is 2.51. The van der Waals surface area contributed by atoms with E-state index in [0.717, 1.165) is 17.7 Å². The van der Waals surface area contributed by atoms with Gasteiger partial charge in [0.2, 0.25) is 0 Å². The molecule has 0 radical (unpaired) electrons. The third-order valence-corrected chi connectivity index (χ3v) is 4.23. The molecule has 0 unspecified atom stereocenters. The number of halogens is 3. The van der Waals surface area contributed by atoms with Gasteiger partial charge >= 0.3 is 0 Å². The molecule has 0 spiro atoms. The van der Waals surface area contributed by atoms with Crippen LogP contribution in [0.5, 0.6) is 0 Å². The summed E-state index contributed by atoms with van der Waals surface area (Å²) in [6.45, 7) is 4.70. The summed E-state index contributed by atoms with van der Waals surface area (Å²) in [4.78, 5) is 6.24. The molecule has 122 valence electrons. The van der Waals surface area contributed by atoms with Crippen LogP contribution >= 0.6 is 15.9 Å². The highest BCUT2D eigenvalue weighted by molar-refractivity contribution is 9.10. The van der Waals surface area contributed by atoms with Gasteiger partial charge in [-0.05, 0) is 54.8 Å². The lowest BCUT2D eigenvalue weighted by Gasteiger charge is -2.12. The van der Waals surface area contributed by atoms with E-state index in [-0.39, 0.29) is 11.6 Å². The maximum atomic E-state index is 14.0. The first-order chi connectivity index (χ1) is 10.9. The second-order valence-corrected chi connectivity index (χ2v) is 6.36. The first-order valence-corrected chi connectivity index (χ1v) is 8.17. The van der Waals surface area contributed by atoms with Gasteiger partial charge in [-0.1, -0.05) is 22.0 Å². The predicted molar refractivity (Wildman–Crippen MR) is 94.5 cm³/mol. The Balaban J connectivity index is 2.35. The van der Waals surface area contributed by atoms with Crippen molar-refractivity contribution in [3.05, 3.63) is 63.1 Å². The van der Waals surface area contributed by atoms with E-state index < -0.39 is 0 Å². The molecule has 2 nitrogen and oxygen atoms in total. The summed E-state index contributed by atoms with van der Waals surface area (Å²) in [5.74, 6) is -0.673. The van der Waals surface area contributed by atoms with Crippen LogP contribution in [0.25, 0.3) is 0 Å². The fourth-order valence-electron chi connectivity index (χ4n) is 2.15. The van der Waals surface area contributed by atoms with E-state index in [0.29, 0.717) is 22.1 Å². The minimum Gasteiger partial charge on any atom is -0.366 e. The van der Waals surface area contributed by atoms with Crippen molar-refractivity contribution < 1.29 is 8.78 Å². The molecule has 2 aromatic rings. The van der Waals surface area contributed by atoms with E-state index in [1.165, 1.54) is 18.2 Å². The average molecular weight is 381 g/mol. The van der Waals surface area contributed by atoms with Crippen LogP contribution in [-0.2, 0) is 6.42 Å². The predicted octanol–water partition coefficient (Wildman–Crippen LogP) is 5.24. The summed E-state index contributed by atoms with van der Waals surface area (Å²) in [5.41, 5.74) is 2.69. The minimum atomic E-state index is -0.366. The molecule has 0 saturated carbocycles. The molecule has 0 aliphatic rings. The van der Waals surface area contributed by atoms with Gasteiger partial charge in [-0.15, -0.1) is 0 Å². The smallest absolute Gasteiger partial charge is 0.127 e. The standard InChI is InChI=1S/C18H19BrF2N2/c1-4-23(3)11-22-18-10-16(20)8-14(12(18)2)7-13-5-6-15(19)9-17(13)21/h5-6,8-11H,4,7H2,1-3H3/b22-11-. The van der Waals surface area contributed by atoms with Gasteiger partial charge in [0, 0.05) is 24.5 Å². The molecule has 0 fully saturated rings. The zero-order valence-electron chi connectivity index (χ0n) is 13.4. The fraction of sp³-hybridized carbons (Fsp3) is 0.278. The second-order valence-electron chi connectivity index (χ2n) is 5.44. The molecule has 0 bridgehead atoms. The molecule has 23 heavy (non-hydrogen) atoms. The summed E-state index contributed by atoms with van der Waals surface area (Å²) in [6, 6.07) is 7.75. The van der Waals surface area contributed by atoms with Crippen LogP contribution in [0.2, 0.25) is 0 Å². The fourth-order valence-corrected chi connectivity index (χ4v) is 2.48. The van der Waals surface area contributed by atoms with Crippen LogP contribution in [0.3, 0.4) is 0 Å². The zero-order chi connectivity index (χ0) is 17.0. The molecule has 0 amide bonds. The number of rotatable bonds is 5. The lowest BCUT2D eigenvalue weighted by atomic mass is 9.99. The van der Waals surface area contributed by atoms with Crippen molar-refractivity contribution >= 4 is 28.0 Å². The highest BCUT2D eigenvalue weighted by Gasteiger charge is 2.10. The van der Waals surface area contributed by atoms with Crippen molar-refractivity contribution in [3.63, 3.8) is 0 Å². The molecule has 0 atom stereocenters. The molecule has 2 aromatic carbocycles. The summed E-state index contributed by atoms with van der Waals surface area (Å²) < 4.78 is 28.6. The van der Waals surface area contributed by atoms with Gasteiger partial charge in [0.1, 0.15) is 11.6 Å². The number of aliphatic imine (C=N–C) groups is 1. The Morgan fingerprint density at radius 2 is 1.91 bits per heavy atom. The first kappa shape index (κ1) is 17.6. The Morgan fingerprint density at radius 3 is 2.57 bits per heavy atom. The molecule has 0 saturated heterocycles.